The van der Waals surface area contributed by atoms with Gasteiger partial charge in [0.1, 0.15) is 11.6 Å². The molecular formula is C18H25N5O. The van der Waals surface area contributed by atoms with Crippen molar-refractivity contribution < 1.29 is 5.11 Å². The average Bonchev–Trinajstić information content (AvgIpc) is 2.60. The summed E-state index contributed by atoms with van der Waals surface area (Å²) in [6.45, 7) is 6.22. The van der Waals surface area contributed by atoms with E-state index in [1.54, 1.807) is 18.3 Å². The number of piperazine rings is 1. The van der Waals surface area contributed by atoms with Crippen LogP contribution in [-0.4, -0.2) is 78.2 Å². The van der Waals surface area contributed by atoms with E-state index in [2.05, 4.69) is 33.8 Å². The number of rotatable bonds is 5. The van der Waals surface area contributed by atoms with Gasteiger partial charge in [-0.05, 0) is 26.2 Å². The standard InChI is InChI=1S/C18H25N5O/c1-21(2)6-7-22-8-10-23(11-9-22)18-14-19-13-17(20-18)15-4-3-5-16(24)12-15/h3-5,12-14,24H,6-11H2,1-2H3. The summed E-state index contributed by atoms with van der Waals surface area (Å²) in [7, 11) is 4.22. The van der Waals surface area contributed by atoms with Crippen LogP contribution < -0.4 is 4.90 Å². The summed E-state index contributed by atoms with van der Waals surface area (Å²) >= 11 is 0. The molecule has 6 heteroatoms. The van der Waals surface area contributed by atoms with Gasteiger partial charge >= 0.3 is 0 Å². The van der Waals surface area contributed by atoms with Crippen LogP contribution in [0.3, 0.4) is 0 Å². The Morgan fingerprint density at radius 2 is 1.92 bits per heavy atom. The largest absolute Gasteiger partial charge is 0.508 e. The van der Waals surface area contributed by atoms with Crippen LogP contribution in [0.2, 0.25) is 0 Å². The fourth-order valence-corrected chi connectivity index (χ4v) is 2.85. The molecular weight excluding hydrogens is 302 g/mol. The summed E-state index contributed by atoms with van der Waals surface area (Å²) in [4.78, 5) is 16.1. The van der Waals surface area contributed by atoms with Crippen LogP contribution in [0.15, 0.2) is 36.7 Å². The van der Waals surface area contributed by atoms with Gasteiger partial charge < -0.3 is 14.9 Å². The Kier molecular flexibility index (Phi) is 5.27. The molecule has 1 aromatic heterocycles. The van der Waals surface area contributed by atoms with Gasteiger partial charge in [0.2, 0.25) is 0 Å². The Balaban J connectivity index is 1.65. The lowest BCUT2D eigenvalue weighted by atomic mass is 10.1. The predicted molar refractivity (Wildman–Crippen MR) is 96.3 cm³/mol. The van der Waals surface area contributed by atoms with Crippen LogP contribution in [0.1, 0.15) is 0 Å². The predicted octanol–water partition coefficient (Wildman–Crippen LogP) is 1.53. The molecule has 3 rings (SSSR count). The van der Waals surface area contributed by atoms with E-state index < -0.39 is 0 Å². The molecule has 24 heavy (non-hydrogen) atoms. The summed E-state index contributed by atoms with van der Waals surface area (Å²) < 4.78 is 0. The van der Waals surface area contributed by atoms with Crippen LogP contribution in [0.25, 0.3) is 11.3 Å². The number of aromatic nitrogens is 2. The molecule has 0 aliphatic carbocycles. The van der Waals surface area contributed by atoms with Crippen LogP contribution in [-0.2, 0) is 0 Å². The van der Waals surface area contributed by atoms with Crippen molar-refractivity contribution in [2.45, 2.75) is 0 Å². The Morgan fingerprint density at radius 1 is 1.12 bits per heavy atom. The maximum absolute atomic E-state index is 9.64. The first-order valence-corrected chi connectivity index (χ1v) is 8.35. The van der Waals surface area contributed by atoms with E-state index in [1.807, 2.05) is 18.3 Å². The molecule has 1 aliphatic rings. The van der Waals surface area contributed by atoms with Crippen LogP contribution >= 0.6 is 0 Å². The van der Waals surface area contributed by atoms with E-state index in [-0.39, 0.29) is 5.75 Å². The SMILES string of the molecule is CN(C)CCN1CCN(c2cncc(-c3cccc(O)c3)n2)CC1. The van der Waals surface area contributed by atoms with Gasteiger partial charge in [-0.1, -0.05) is 12.1 Å². The monoisotopic (exact) mass is 327 g/mol. The third kappa shape index (κ3) is 4.21. The second-order valence-corrected chi connectivity index (χ2v) is 6.44. The molecule has 0 saturated carbocycles. The summed E-state index contributed by atoms with van der Waals surface area (Å²) in [5, 5.41) is 9.64. The first-order valence-electron chi connectivity index (χ1n) is 8.35. The lowest BCUT2D eigenvalue weighted by Crippen LogP contribution is -2.48. The average molecular weight is 327 g/mol. The number of phenols is 1. The Morgan fingerprint density at radius 3 is 2.62 bits per heavy atom. The van der Waals surface area contributed by atoms with Gasteiger partial charge in [-0.25, -0.2) is 4.98 Å². The summed E-state index contributed by atoms with van der Waals surface area (Å²) in [5.74, 6) is 1.15. The fraction of sp³-hybridized carbons (Fsp3) is 0.444. The highest BCUT2D eigenvalue weighted by molar-refractivity contribution is 5.61. The molecule has 0 radical (unpaired) electrons. The molecule has 0 unspecified atom stereocenters. The van der Waals surface area contributed by atoms with Crippen molar-refractivity contribution in [2.75, 3.05) is 58.3 Å². The molecule has 0 spiro atoms. The zero-order valence-electron chi connectivity index (χ0n) is 14.4. The highest BCUT2D eigenvalue weighted by Crippen LogP contribution is 2.23. The van der Waals surface area contributed by atoms with Gasteiger partial charge in [-0.3, -0.25) is 9.88 Å². The highest BCUT2D eigenvalue weighted by atomic mass is 16.3. The van der Waals surface area contributed by atoms with Gasteiger partial charge in [0.25, 0.3) is 0 Å². The highest BCUT2D eigenvalue weighted by Gasteiger charge is 2.18. The zero-order chi connectivity index (χ0) is 16.9. The molecule has 1 N–H and O–H groups in total. The number of hydrogen-bond donors (Lipinski definition) is 1. The Hall–Kier alpha value is -2.18. The summed E-state index contributed by atoms with van der Waals surface area (Å²) in [5.41, 5.74) is 1.67. The van der Waals surface area contributed by atoms with E-state index in [1.165, 1.54) is 0 Å². The van der Waals surface area contributed by atoms with Crippen molar-refractivity contribution in [3.63, 3.8) is 0 Å². The lowest BCUT2D eigenvalue weighted by Gasteiger charge is -2.35. The number of benzene rings is 1. The fourth-order valence-electron chi connectivity index (χ4n) is 2.85. The maximum Gasteiger partial charge on any atom is 0.147 e. The van der Waals surface area contributed by atoms with E-state index in [4.69, 9.17) is 4.98 Å². The van der Waals surface area contributed by atoms with Crippen molar-refractivity contribution in [3.8, 4) is 17.0 Å². The number of anilines is 1. The maximum atomic E-state index is 9.64. The van der Waals surface area contributed by atoms with Crippen molar-refractivity contribution >= 4 is 5.82 Å². The second-order valence-electron chi connectivity index (χ2n) is 6.44. The minimum Gasteiger partial charge on any atom is -0.508 e. The zero-order valence-corrected chi connectivity index (χ0v) is 14.4. The topological polar surface area (TPSA) is 55.7 Å². The molecule has 1 fully saturated rings. The molecule has 1 aliphatic heterocycles. The van der Waals surface area contributed by atoms with Gasteiger partial charge in [0, 0.05) is 44.8 Å². The number of likely N-dealkylation sites (N-methyl/N-ethyl adjacent to an activating group) is 1. The molecule has 0 atom stereocenters. The van der Waals surface area contributed by atoms with Crippen molar-refractivity contribution in [1.82, 2.24) is 19.8 Å². The smallest absolute Gasteiger partial charge is 0.147 e. The number of phenolic OH excluding ortho intramolecular Hbond substituents is 1. The third-order valence-electron chi connectivity index (χ3n) is 4.32. The molecule has 6 nitrogen and oxygen atoms in total. The van der Waals surface area contributed by atoms with Crippen molar-refractivity contribution in [2.24, 2.45) is 0 Å². The van der Waals surface area contributed by atoms with Crippen LogP contribution in [0.5, 0.6) is 5.75 Å². The molecule has 2 aromatic rings. The van der Waals surface area contributed by atoms with E-state index in [9.17, 15) is 5.11 Å². The first kappa shape index (κ1) is 16.7. The molecule has 0 amide bonds. The van der Waals surface area contributed by atoms with E-state index >= 15 is 0 Å². The molecule has 0 bridgehead atoms. The minimum atomic E-state index is 0.245. The van der Waals surface area contributed by atoms with Crippen molar-refractivity contribution in [1.29, 1.82) is 0 Å². The summed E-state index contributed by atoms with van der Waals surface area (Å²) in [6.07, 6.45) is 3.56. The molecule has 2 heterocycles. The normalized spacial score (nSPS) is 15.9. The van der Waals surface area contributed by atoms with Crippen LogP contribution in [0, 0.1) is 0 Å². The summed E-state index contributed by atoms with van der Waals surface area (Å²) in [6, 6.07) is 7.13. The number of hydrogen-bond acceptors (Lipinski definition) is 6. The van der Waals surface area contributed by atoms with E-state index in [0.717, 1.165) is 56.3 Å². The Bertz CT molecular complexity index is 668. The minimum absolute atomic E-state index is 0.245. The third-order valence-corrected chi connectivity index (χ3v) is 4.32. The van der Waals surface area contributed by atoms with E-state index in [0.29, 0.717) is 0 Å². The van der Waals surface area contributed by atoms with Gasteiger partial charge in [0.15, 0.2) is 0 Å². The number of nitrogens with zero attached hydrogens (tertiary/aromatic N) is 5. The van der Waals surface area contributed by atoms with Crippen molar-refractivity contribution in [3.05, 3.63) is 36.7 Å². The van der Waals surface area contributed by atoms with Gasteiger partial charge in [-0.15, -0.1) is 0 Å². The van der Waals surface area contributed by atoms with Gasteiger partial charge in [0.05, 0.1) is 18.1 Å². The second kappa shape index (κ2) is 7.59. The quantitative estimate of drug-likeness (QED) is 0.899. The lowest BCUT2D eigenvalue weighted by molar-refractivity contribution is 0.229. The number of aromatic hydroxyl groups is 1. The van der Waals surface area contributed by atoms with Gasteiger partial charge in [-0.2, -0.15) is 0 Å². The molecule has 1 aromatic carbocycles. The van der Waals surface area contributed by atoms with Crippen LogP contribution in [0.4, 0.5) is 5.82 Å². The first-order chi connectivity index (χ1) is 11.6. The molecule has 1 saturated heterocycles. The molecule has 128 valence electrons. The Labute approximate surface area is 143 Å².